The van der Waals surface area contributed by atoms with Crippen molar-refractivity contribution < 1.29 is 9.59 Å². The molecule has 1 aliphatic heterocycles. The second kappa shape index (κ2) is 5.14. The number of carbonyl (C=O) groups excluding carboxylic acids is 2. The summed E-state index contributed by atoms with van der Waals surface area (Å²) >= 11 is 0. The van der Waals surface area contributed by atoms with E-state index in [4.69, 9.17) is 0 Å². The molecule has 1 N–H and O–H groups in total. The summed E-state index contributed by atoms with van der Waals surface area (Å²) in [6, 6.07) is -0.234. The van der Waals surface area contributed by atoms with Crippen LogP contribution in [0.5, 0.6) is 0 Å². The summed E-state index contributed by atoms with van der Waals surface area (Å²) in [7, 11) is 0. The highest BCUT2D eigenvalue weighted by Crippen LogP contribution is 2.17. The van der Waals surface area contributed by atoms with Crippen molar-refractivity contribution in [2.75, 3.05) is 13.1 Å². The van der Waals surface area contributed by atoms with E-state index in [1.807, 2.05) is 6.92 Å². The molecule has 0 radical (unpaired) electrons. The number of imide groups is 1. The maximum atomic E-state index is 11.9. The van der Waals surface area contributed by atoms with Crippen molar-refractivity contribution in [3.8, 4) is 0 Å². The monoisotopic (exact) mass is 212 g/mol. The molecule has 0 aromatic rings. The minimum atomic E-state index is -0.234. The molecule has 1 rings (SSSR count). The Hall–Kier alpha value is -1.06. The molecule has 0 aliphatic carbocycles. The van der Waals surface area contributed by atoms with Crippen molar-refractivity contribution in [1.29, 1.82) is 0 Å². The van der Waals surface area contributed by atoms with Crippen molar-refractivity contribution in [2.45, 2.75) is 33.6 Å². The van der Waals surface area contributed by atoms with Gasteiger partial charge in [0.05, 0.1) is 5.92 Å². The summed E-state index contributed by atoms with van der Waals surface area (Å²) in [5, 5.41) is 2.77. The molecule has 3 amide bonds. The fourth-order valence-electron chi connectivity index (χ4n) is 1.90. The molecule has 0 bridgehead atoms. The number of nitrogens with zero attached hydrogens (tertiary/aromatic N) is 1. The smallest absolute Gasteiger partial charge is 0.324 e. The van der Waals surface area contributed by atoms with Gasteiger partial charge in [-0.2, -0.15) is 0 Å². The fraction of sp³-hybridized carbons (Fsp3) is 0.818. The van der Waals surface area contributed by atoms with Crippen LogP contribution in [0.1, 0.15) is 33.6 Å². The van der Waals surface area contributed by atoms with E-state index in [1.165, 1.54) is 4.90 Å². The Labute approximate surface area is 91.0 Å². The van der Waals surface area contributed by atoms with Crippen molar-refractivity contribution >= 4 is 11.9 Å². The Balaban J connectivity index is 2.63. The molecule has 4 heteroatoms. The number of carbonyl (C=O) groups is 2. The average Bonchev–Trinajstić information content (AvgIpc) is 2.16. The molecule has 1 unspecified atom stereocenters. The summed E-state index contributed by atoms with van der Waals surface area (Å²) in [4.78, 5) is 24.7. The lowest BCUT2D eigenvalue weighted by atomic mass is 9.94. The van der Waals surface area contributed by atoms with Crippen LogP contribution in [0, 0.1) is 11.8 Å². The largest absolute Gasteiger partial charge is 0.337 e. The maximum Gasteiger partial charge on any atom is 0.324 e. The number of amides is 3. The van der Waals surface area contributed by atoms with E-state index >= 15 is 0 Å². The Bertz CT molecular complexity index is 251. The quantitative estimate of drug-likeness (QED) is 0.769. The van der Waals surface area contributed by atoms with Gasteiger partial charge in [0.1, 0.15) is 0 Å². The average molecular weight is 212 g/mol. The second-order valence-corrected chi connectivity index (χ2v) is 4.50. The highest BCUT2D eigenvalue weighted by atomic mass is 16.2. The predicted molar refractivity (Wildman–Crippen MR) is 58.3 cm³/mol. The van der Waals surface area contributed by atoms with Crippen LogP contribution in [0.15, 0.2) is 0 Å². The lowest BCUT2D eigenvalue weighted by Crippen LogP contribution is -2.55. The summed E-state index contributed by atoms with van der Waals surface area (Å²) in [6.45, 7) is 7.17. The molecule has 1 saturated heterocycles. The third kappa shape index (κ3) is 2.94. The van der Waals surface area contributed by atoms with Crippen molar-refractivity contribution in [2.24, 2.45) is 11.8 Å². The van der Waals surface area contributed by atoms with Gasteiger partial charge in [0, 0.05) is 13.1 Å². The lowest BCUT2D eigenvalue weighted by molar-refractivity contribution is -0.134. The van der Waals surface area contributed by atoms with Gasteiger partial charge in [-0.3, -0.25) is 9.69 Å². The SMILES string of the molecule is CCCN1C(=O)NCC(CC(C)C)C1=O. The minimum Gasteiger partial charge on any atom is -0.337 e. The van der Waals surface area contributed by atoms with Crippen LogP contribution in [-0.2, 0) is 4.79 Å². The van der Waals surface area contributed by atoms with E-state index in [2.05, 4.69) is 19.2 Å². The molecule has 15 heavy (non-hydrogen) atoms. The fourth-order valence-corrected chi connectivity index (χ4v) is 1.90. The van der Waals surface area contributed by atoms with E-state index in [9.17, 15) is 9.59 Å². The summed E-state index contributed by atoms with van der Waals surface area (Å²) in [6.07, 6.45) is 1.66. The normalized spacial score (nSPS) is 22.1. The lowest BCUT2D eigenvalue weighted by Gasteiger charge is -2.31. The second-order valence-electron chi connectivity index (χ2n) is 4.50. The van der Waals surface area contributed by atoms with Crippen LogP contribution < -0.4 is 5.32 Å². The Kier molecular flexibility index (Phi) is 4.12. The van der Waals surface area contributed by atoms with Gasteiger partial charge in [-0.1, -0.05) is 20.8 Å². The molecule has 0 aromatic carbocycles. The van der Waals surface area contributed by atoms with E-state index in [0.717, 1.165) is 12.8 Å². The molecule has 0 spiro atoms. The minimum absolute atomic E-state index is 0.00528. The van der Waals surface area contributed by atoms with Gasteiger partial charge < -0.3 is 5.32 Å². The number of rotatable bonds is 4. The van der Waals surface area contributed by atoms with Crippen LogP contribution in [0.4, 0.5) is 4.79 Å². The van der Waals surface area contributed by atoms with Crippen LogP contribution in [0.3, 0.4) is 0 Å². The van der Waals surface area contributed by atoms with Crippen molar-refractivity contribution in [1.82, 2.24) is 10.2 Å². The molecular formula is C11H20N2O2. The van der Waals surface area contributed by atoms with Gasteiger partial charge in [-0.05, 0) is 18.8 Å². The third-order valence-corrected chi connectivity index (χ3v) is 2.56. The zero-order chi connectivity index (χ0) is 11.4. The van der Waals surface area contributed by atoms with Gasteiger partial charge in [0.2, 0.25) is 5.91 Å². The van der Waals surface area contributed by atoms with Crippen LogP contribution in [0.25, 0.3) is 0 Å². The van der Waals surface area contributed by atoms with Gasteiger partial charge in [0.15, 0.2) is 0 Å². The van der Waals surface area contributed by atoms with Crippen LogP contribution >= 0.6 is 0 Å². The van der Waals surface area contributed by atoms with Gasteiger partial charge in [0.25, 0.3) is 0 Å². The summed E-state index contributed by atoms with van der Waals surface area (Å²) < 4.78 is 0. The molecule has 1 heterocycles. The topological polar surface area (TPSA) is 49.4 Å². The molecule has 1 fully saturated rings. The summed E-state index contributed by atoms with van der Waals surface area (Å²) in [5.41, 5.74) is 0. The number of hydrogen-bond donors (Lipinski definition) is 1. The Morgan fingerprint density at radius 2 is 2.13 bits per heavy atom. The molecule has 86 valence electrons. The standard InChI is InChI=1S/C11H20N2O2/c1-4-5-13-10(14)9(6-8(2)3)7-12-11(13)15/h8-9H,4-7H2,1-3H3,(H,12,15). The number of nitrogens with one attached hydrogen (secondary N) is 1. The number of urea groups is 1. The molecule has 0 aromatic heterocycles. The van der Waals surface area contributed by atoms with Gasteiger partial charge in [-0.15, -0.1) is 0 Å². The number of hydrogen-bond acceptors (Lipinski definition) is 2. The molecular weight excluding hydrogens is 192 g/mol. The van der Waals surface area contributed by atoms with E-state index in [1.54, 1.807) is 0 Å². The first-order valence-corrected chi connectivity index (χ1v) is 5.65. The van der Waals surface area contributed by atoms with E-state index in [0.29, 0.717) is 19.0 Å². The molecule has 1 aliphatic rings. The van der Waals surface area contributed by atoms with E-state index < -0.39 is 0 Å². The maximum absolute atomic E-state index is 11.9. The first-order valence-electron chi connectivity index (χ1n) is 5.65. The van der Waals surface area contributed by atoms with Crippen molar-refractivity contribution in [3.63, 3.8) is 0 Å². The Morgan fingerprint density at radius 3 is 2.67 bits per heavy atom. The van der Waals surface area contributed by atoms with Crippen LogP contribution in [0.2, 0.25) is 0 Å². The van der Waals surface area contributed by atoms with E-state index in [-0.39, 0.29) is 17.9 Å². The first-order chi connectivity index (χ1) is 7.06. The molecule has 1 atom stereocenters. The molecule has 4 nitrogen and oxygen atoms in total. The zero-order valence-electron chi connectivity index (χ0n) is 9.75. The van der Waals surface area contributed by atoms with Crippen molar-refractivity contribution in [3.05, 3.63) is 0 Å². The van der Waals surface area contributed by atoms with Gasteiger partial charge >= 0.3 is 6.03 Å². The first kappa shape index (κ1) is 12.0. The third-order valence-electron chi connectivity index (χ3n) is 2.56. The highest BCUT2D eigenvalue weighted by Gasteiger charge is 2.33. The summed E-state index contributed by atoms with van der Waals surface area (Å²) in [5.74, 6) is 0.445. The highest BCUT2D eigenvalue weighted by molar-refractivity contribution is 5.98. The van der Waals surface area contributed by atoms with Crippen LogP contribution in [-0.4, -0.2) is 29.9 Å². The zero-order valence-corrected chi connectivity index (χ0v) is 9.75. The Morgan fingerprint density at radius 1 is 1.47 bits per heavy atom. The van der Waals surface area contributed by atoms with Gasteiger partial charge in [-0.25, -0.2) is 4.79 Å². The predicted octanol–water partition coefficient (Wildman–Crippen LogP) is 1.61. The molecule has 0 saturated carbocycles.